The molecule has 3 rings (SSSR count). The van der Waals surface area contributed by atoms with E-state index in [1.165, 1.54) is 0 Å². The zero-order valence-electron chi connectivity index (χ0n) is 9.47. The van der Waals surface area contributed by atoms with Gasteiger partial charge < -0.3 is 5.32 Å². The highest BCUT2D eigenvalue weighted by Gasteiger charge is 2.07. The zero-order valence-corrected chi connectivity index (χ0v) is 9.47. The second-order valence-electron chi connectivity index (χ2n) is 3.96. The number of nitrogens with one attached hydrogen (secondary N) is 3. The van der Waals surface area contributed by atoms with E-state index in [1.54, 1.807) is 30.7 Å². The lowest BCUT2D eigenvalue weighted by Gasteiger charge is -2.03. The normalized spacial score (nSPS) is 10.7. The molecule has 0 aliphatic carbocycles. The van der Waals surface area contributed by atoms with Gasteiger partial charge in [0.25, 0.3) is 5.91 Å². The van der Waals surface area contributed by atoms with Crippen molar-refractivity contribution in [3.63, 3.8) is 0 Å². The van der Waals surface area contributed by atoms with Crippen molar-refractivity contribution in [3.05, 3.63) is 47.9 Å². The van der Waals surface area contributed by atoms with Crippen LogP contribution in [0.25, 0.3) is 10.9 Å². The molecule has 0 atom stereocenters. The van der Waals surface area contributed by atoms with Gasteiger partial charge in [0.15, 0.2) is 0 Å². The molecule has 3 N–H and O–H groups in total. The number of amides is 1. The monoisotopic (exact) mass is 241 g/mol. The van der Waals surface area contributed by atoms with Gasteiger partial charge in [-0.15, -0.1) is 0 Å². The molecule has 0 aliphatic rings. The first-order valence-electron chi connectivity index (χ1n) is 5.52. The number of benzene rings is 1. The number of hydrogen-bond donors (Lipinski definition) is 3. The first kappa shape index (κ1) is 10.5. The summed E-state index contributed by atoms with van der Waals surface area (Å²) in [4.78, 5) is 11.9. The minimum atomic E-state index is -0.118. The van der Waals surface area contributed by atoms with Crippen LogP contribution in [0.2, 0.25) is 0 Å². The third-order valence-corrected chi connectivity index (χ3v) is 2.71. The van der Waals surface area contributed by atoms with Gasteiger partial charge in [0.2, 0.25) is 0 Å². The summed E-state index contributed by atoms with van der Waals surface area (Å²) < 4.78 is 0. The van der Waals surface area contributed by atoms with Gasteiger partial charge in [0.1, 0.15) is 0 Å². The highest BCUT2D eigenvalue weighted by atomic mass is 16.1. The smallest absolute Gasteiger partial charge is 0.251 e. The van der Waals surface area contributed by atoms with Crippen molar-refractivity contribution >= 4 is 16.8 Å². The predicted octanol–water partition coefficient (Wildman–Crippen LogP) is 1.22. The molecule has 3 aromatic rings. The van der Waals surface area contributed by atoms with Crippen LogP contribution in [0.15, 0.2) is 36.8 Å². The minimum Gasteiger partial charge on any atom is -0.348 e. The van der Waals surface area contributed by atoms with Gasteiger partial charge in [-0.1, -0.05) is 6.07 Å². The molecule has 0 aliphatic heterocycles. The second-order valence-corrected chi connectivity index (χ2v) is 3.96. The Morgan fingerprint density at radius 2 is 2.22 bits per heavy atom. The van der Waals surface area contributed by atoms with Gasteiger partial charge in [-0.2, -0.15) is 10.2 Å². The van der Waals surface area contributed by atoms with Crippen LogP contribution < -0.4 is 5.32 Å². The Hall–Kier alpha value is -2.63. The molecule has 0 radical (unpaired) electrons. The van der Waals surface area contributed by atoms with E-state index in [0.717, 1.165) is 16.5 Å². The van der Waals surface area contributed by atoms with E-state index in [1.807, 2.05) is 6.07 Å². The van der Waals surface area contributed by atoms with Gasteiger partial charge in [0.05, 0.1) is 17.9 Å². The lowest BCUT2D eigenvalue weighted by Crippen LogP contribution is -2.22. The van der Waals surface area contributed by atoms with Crippen LogP contribution in [0, 0.1) is 0 Å². The fourth-order valence-corrected chi connectivity index (χ4v) is 1.74. The molecule has 18 heavy (non-hydrogen) atoms. The first-order valence-corrected chi connectivity index (χ1v) is 5.52. The molecular weight excluding hydrogens is 230 g/mol. The third-order valence-electron chi connectivity index (χ3n) is 2.71. The molecule has 2 aromatic heterocycles. The summed E-state index contributed by atoms with van der Waals surface area (Å²) in [7, 11) is 0. The molecule has 2 heterocycles. The van der Waals surface area contributed by atoms with Crippen LogP contribution >= 0.6 is 0 Å². The Morgan fingerprint density at radius 1 is 1.28 bits per heavy atom. The maximum Gasteiger partial charge on any atom is 0.251 e. The maximum absolute atomic E-state index is 11.9. The number of aromatic amines is 2. The summed E-state index contributed by atoms with van der Waals surface area (Å²) in [5, 5.41) is 17.1. The highest BCUT2D eigenvalue weighted by molar-refractivity contribution is 5.97. The van der Waals surface area contributed by atoms with Crippen molar-refractivity contribution in [2.75, 3.05) is 0 Å². The van der Waals surface area contributed by atoms with Crippen LogP contribution in [0.3, 0.4) is 0 Å². The summed E-state index contributed by atoms with van der Waals surface area (Å²) in [5.41, 5.74) is 2.40. The number of nitrogens with zero attached hydrogens (tertiary/aromatic N) is 2. The summed E-state index contributed by atoms with van der Waals surface area (Å²) in [6.07, 6.45) is 5.15. The summed E-state index contributed by atoms with van der Waals surface area (Å²) in [6, 6.07) is 5.43. The van der Waals surface area contributed by atoms with E-state index in [2.05, 4.69) is 25.7 Å². The van der Waals surface area contributed by atoms with Crippen LogP contribution in [-0.2, 0) is 6.54 Å². The second kappa shape index (κ2) is 4.33. The lowest BCUT2D eigenvalue weighted by atomic mass is 10.1. The van der Waals surface area contributed by atoms with Gasteiger partial charge in [-0.05, 0) is 12.1 Å². The SMILES string of the molecule is O=C(NCc1cn[nH]c1)c1ccc2cn[nH]c2c1. The molecule has 0 saturated heterocycles. The summed E-state index contributed by atoms with van der Waals surface area (Å²) >= 11 is 0. The molecular formula is C12H11N5O. The van der Waals surface area contributed by atoms with E-state index in [4.69, 9.17) is 0 Å². The average Bonchev–Trinajstić information content (AvgIpc) is 3.05. The number of hydrogen-bond acceptors (Lipinski definition) is 3. The molecule has 6 heteroatoms. The predicted molar refractivity (Wildman–Crippen MR) is 65.9 cm³/mol. The van der Waals surface area contributed by atoms with Crippen LogP contribution in [-0.4, -0.2) is 26.3 Å². The van der Waals surface area contributed by atoms with Gasteiger partial charge >= 0.3 is 0 Å². The van der Waals surface area contributed by atoms with Crippen LogP contribution in [0.5, 0.6) is 0 Å². The van der Waals surface area contributed by atoms with Crippen molar-refractivity contribution in [1.29, 1.82) is 0 Å². The van der Waals surface area contributed by atoms with Gasteiger partial charge in [-0.3, -0.25) is 15.0 Å². The van der Waals surface area contributed by atoms with Crippen molar-refractivity contribution < 1.29 is 4.79 Å². The number of aromatic nitrogens is 4. The number of carbonyl (C=O) groups excluding carboxylic acids is 1. The fraction of sp³-hybridized carbons (Fsp3) is 0.0833. The molecule has 0 saturated carbocycles. The third kappa shape index (κ3) is 1.95. The molecule has 1 amide bonds. The van der Waals surface area contributed by atoms with Gasteiger partial charge in [0, 0.05) is 29.3 Å². The molecule has 0 spiro atoms. The van der Waals surface area contributed by atoms with Crippen molar-refractivity contribution in [3.8, 4) is 0 Å². The summed E-state index contributed by atoms with van der Waals surface area (Å²) in [5.74, 6) is -0.118. The highest BCUT2D eigenvalue weighted by Crippen LogP contribution is 2.12. The van der Waals surface area contributed by atoms with E-state index in [9.17, 15) is 4.79 Å². The minimum absolute atomic E-state index is 0.118. The summed E-state index contributed by atoms with van der Waals surface area (Å²) in [6.45, 7) is 0.455. The molecule has 90 valence electrons. The standard InChI is InChI=1S/C12H11N5O/c18-12(13-4-8-5-14-15-6-8)9-1-2-10-7-16-17-11(10)3-9/h1-3,5-7H,4H2,(H,13,18)(H,14,15)(H,16,17). The Morgan fingerprint density at radius 3 is 3.06 bits per heavy atom. The van der Waals surface area contributed by atoms with Crippen LogP contribution in [0.4, 0.5) is 0 Å². The van der Waals surface area contributed by atoms with Crippen molar-refractivity contribution in [1.82, 2.24) is 25.7 Å². The van der Waals surface area contributed by atoms with E-state index in [-0.39, 0.29) is 5.91 Å². The van der Waals surface area contributed by atoms with Crippen LogP contribution in [0.1, 0.15) is 15.9 Å². The largest absolute Gasteiger partial charge is 0.348 e. The number of rotatable bonds is 3. The number of carbonyl (C=O) groups is 1. The number of fused-ring (bicyclic) bond motifs is 1. The molecule has 0 fully saturated rings. The Labute approximate surface area is 102 Å². The van der Waals surface area contributed by atoms with Crippen molar-refractivity contribution in [2.24, 2.45) is 0 Å². The Kier molecular flexibility index (Phi) is 2.53. The first-order chi connectivity index (χ1) is 8.83. The molecule has 1 aromatic carbocycles. The zero-order chi connectivity index (χ0) is 12.4. The van der Waals surface area contributed by atoms with E-state index in [0.29, 0.717) is 12.1 Å². The molecule has 0 bridgehead atoms. The molecule has 0 unspecified atom stereocenters. The van der Waals surface area contributed by atoms with E-state index < -0.39 is 0 Å². The number of H-pyrrole nitrogens is 2. The Bertz CT molecular complexity index is 671. The Balaban J connectivity index is 1.75. The topological polar surface area (TPSA) is 86.5 Å². The average molecular weight is 241 g/mol. The van der Waals surface area contributed by atoms with Crippen molar-refractivity contribution in [2.45, 2.75) is 6.54 Å². The maximum atomic E-state index is 11.9. The quantitative estimate of drug-likeness (QED) is 0.644. The van der Waals surface area contributed by atoms with E-state index >= 15 is 0 Å². The molecule has 6 nitrogen and oxygen atoms in total. The lowest BCUT2D eigenvalue weighted by molar-refractivity contribution is 0.0951. The van der Waals surface area contributed by atoms with Gasteiger partial charge in [-0.25, -0.2) is 0 Å². The fourth-order valence-electron chi connectivity index (χ4n) is 1.74.